The second kappa shape index (κ2) is 10.2. The van der Waals surface area contributed by atoms with Gasteiger partial charge in [0.2, 0.25) is 0 Å². The normalized spacial score (nSPS) is 18.4. The van der Waals surface area contributed by atoms with E-state index in [2.05, 4.69) is 19.9 Å². The van der Waals surface area contributed by atoms with Crippen molar-refractivity contribution in [2.75, 3.05) is 39.3 Å². The zero-order valence-electron chi connectivity index (χ0n) is 19.1. The summed E-state index contributed by atoms with van der Waals surface area (Å²) in [6, 6.07) is 10.1. The summed E-state index contributed by atoms with van der Waals surface area (Å²) in [7, 11) is 0. The standard InChI is InChI=1S/C25H30ClN5O3/c26-23-21-13-22(29-24(21)28-16-27-23)19-1-3-20(4-2-19)34-15-18-5-9-30(10-6-18)14-17-7-11-31(12-8-17)25(32)33/h1-4,13,16-18H,5-12,14-15H2,(H,32,33)(H,27,28,29). The monoisotopic (exact) mass is 483 g/mol. The van der Waals surface area contributed by atoms with E-state index in [1.165, 1.54) is 11.2 Å². The number of nitrogens with zero attached hydrogens (tertiary/aromatic N) is 4. The zero-order chi connectivity index (χ0) is 23.5. The summed E-state index contributed by atoms with van der Waals surface area (Å²) < 4.78 is 6.10. The Bertz CT molecular complexity index is 1120. The molecule has 9 heteroatoms. The summed E-state index contributed by atoms with van der Waals surface area (Å²) >= 11 is 6.16. The van der Waals surface area contributed by atoms with E-state index < -0.39 is 6.09 Å². The zero-order valence-corrected chi connectivity index (χ0v) is 19.9. The van der Waals surface area contributed by atoms with Crippen molar-refractivity contribution in [3.63, 3.8) is 0 Å². The number of fused-ring (bicyclic) bond motifs is 1. The van der Waals surface area contributed by atoms with Crippen LogP contribution < -0.4 is 4.74 Å². The minimum Gasteiger partial charge on any atom is -0.493 e. The summed E-state index contributed by atoms with van der Waals surface area (Å²) in [5, 5.41) is 10.4. The Morgan fingerprint density at radius 1 is 1.06 bits per heavy atom. The van der Waals surface area contributed by atoms with Crippen molar-refractivity contribution >= 4 is 28.7 Å². The van der Waals surface area contributed by atoms with Gasteiger partial charge in [0.15, 0.2) is 0 Å². The molecule has 2 aromatic heterocycles. The van der Waals surface area contributed by atoms with Gasteiger partial charge in [0.25, 0.3) is 0 Å². The minimum absolute atomic E-state index is 0.446. The van der Waals surface area contributed by atoms with Gasteiger partial charge in [-0.15, -0.1) is 0 Å². The summed E-state index contributed by atoms with van der Waals surface area (Å²) in [6.45, 7) is 5.36. The molecule has 3 aromatic rings. The van der Waals surface area contributed by atoms with Crippen molar-refractivity contribution in [2.45, 2.75) is 25.7 Å². The van der Waals surface area contributed by atoms with Crippen LogP contribution in [-0.4, -0.2) is 75.3 Å². The predicted octanol–water partition coefficient (Wildman–Crippen LogP) is 4.76. The molecular formula is C25H30ClN5O3. The number of aromatic amines is 1. The highest BCUT2D eigenvalue weighted by molar-refractivity contribution is 6.34. The van der Waals surface area contributed by atoms with Crippen LogP contribution in [0.2, 0.25) is 5.15 Å². The first kappa shape index (κ1) is 22.9. The van der Waals surface area contributed by atoms with Crippen LogP contribution in [0.15, 0.2) is 36.7 Å². The SMILES string of the molecule is O=C(O)N1CCC(CN2CCC(COc3ccc(-c4cc5c(Cl)ncnc5[nH]4)cc3)CC2)CC1. The van der Waals surface area contributed by atoms with E-state index in [9.17, 15) is 4.79 Å². The number of aromatic nitrogens is 3. The number of hydrogen-bond acceptors (Lipinski definition) is 5. The lowest BCUT2D eigenvalue weighted by Gasteiger charge is -2.37. The molecule has 1 aromatic carbocycles. The fourth-order valence-corrected chi connectivity index (χ4v) is 5.21. The molecule has 0 spiro atoms. The highest BCUT2D eigenvalue weighted by Gasteiger charge is 2.26. The average Bonchev–Trinajstić information content (AvgIpc) is 3.30. The molecule has 2 aliphatic rings. The van der Waals surface area contributed by atoms with Crippen LogP contribution in [0.4, 0.5) is 4.79 Å². The Kier molecular flexibility index (Phi) is 6.87. The fourth-order valence-electron chi connectivity index (χ4n) is 5.02. The van der Waals surface area contributed by atoms with Gasteiger partial charge in [0.1, 0.15) is 22.9 Å². The van der Waals surface area contributed by atoms with Crippen molar-refractivity contribution in [3.05, 3.63) is 41.8 Å². The number of amides is 1. The Morgan fingerprint density at radius 2 is 1.76 bits per heavy atom. The van der Waals surface area contributed by atoms with Crippen LogP contribution in [0.5, 0.6) is 5.75 Å². The van der Waals surface area contributed by atoms with E-state index in [0.29, 0.717) is 30.1 Å². The lowest BCUT2D eigenvalue weighted by molar-refractivity contribution is 0.0954. The third kappa shape index (κ3) is 5.28. The average molecular weight is 484 g/mol. The van der Waals surface area contributed by atoms with Crippen LogP contribution in [-0.2, 0) is 0 Å². The topological polar surface area (TPSA) is 94.6 Å². The van der Waals surface area contributed by atoms with Gasteiger partial charge < -0.3 is 24.6 Å². The maximum Gasteiger partial charge on any atom is 0.407 e. The first-order valence-corrected chi connectivity index (χ1v) is 12.4. The van der Waals surface area contributed by atoms with Crippen molar-refractivity contribution < 1.29 is 14.6 Å². The molecule has 4 heterocycles. The maximum atomic E-state index is 11.1. The first-order valence-electron chi connectivity index (χ1n) is 12.0. The Labute approximate surface area is 203 Å². The number of piperidine rings is 2. The van der Waals surface area contributed by atoms with Crippen LogP contribution in [0.25, 0.3) is 22.3 Å². The molecule has 0 atom stereocenters. The largest absolute Gasteiger partial charge is 0.493 e. The lowest BCUT2D eigenvalue weighted by atomic mass is 9.93. The minimum atomic E-state index is -0.786. The summed E-state index contributed by atoms with van der Waals surface area (Å²) in [5.41, 5.74) is 2.72. The second-order valence-corrected chi connectivity index (χ2v) is 9.76. The van der Waals surface area contributed by atoms with E-state index in [1.807, 2.05) is 30.3 Å². The fraction of sp³-hybridized carbons (Fsp3) is 0.480. The van der Waals surface area contributed by atoms with Gasteiger partial charge in [-0.2, -0.15) is 0 Å². The molecule has 2 fully saturated rings. The van der Waals surface area contributed by atoms with Gasteiger partial charge in [0.05, 0.1) is 12.0 Å². The third-order valence-electron chi connectivity index (χ3n) is 7.14. The number of carboxylic acid groups (broad SMARTS) is 1. The molecule has 0 unspecified atom stereocenters. The number of likely N-dealkylation sites (tertiary alicyclic amines) is 2. The van der Waals surface area contributed by atoms with E-state index in [-0.39, 0.29) is 0 Å². The molecule has 0 saturated carbocycles. The van der Waals surface area contributed by atoms with E-state index >= 15 is 0 Å². The van der Waals surface area contributed by atoms with Crippen molar-refractivity contribution in [2.24, 2.45) is 11.8 Å². The van der Waals surface area contributed by atoms with Crippen molar-refractivity contribution in [1.82, 2.24) is 24.8 Å². The van der Waals surface area contributed by atoms with Gasteiger partial charge in [-0.25, -0.2) is 14.8 Å². The molecule has 8 nitrogen and oxygen atoms in total. The maximum absolute atomic E-state index is 11.1. The molecule has 0 bridgehead atoms. The molecule has 0 radical (unpaired) electrons. The molecule has 2 aliphatic heterocycles. The second-order valence-electron chi connectivity index (χ2n) is 9.40. The molecule has 2 saturated heterocycles. The highest BCUT2D eigenvalue weighted by Crippen LogP contribution is 2.28. The van der Waals surface area contributed by atoms with E-state index in [0.717, 1.165) is 80.0 Å². The number of nitrogens with one attached hydrogen (secondary N) is 1. The molecular weight excluding hydrogens is 454 g/mol. The first-order chi connectivity index (χ1) is 16.5. The van der Waals surface area contributed by atoms with Gasteiger partial charge in [-0.3, -0.25) is 0 Å². The van der Waals surface area contributed by atoms with Crippen molar-refractivity contribution in [3.8, 4) is 17.0 Å². The number of benzene rings is 1. The third-order valence-corrected chi connectivity index (χ3v) is 7.44. The van der Waals surface area contributed by atoms with Crippen LogP contribution in [0, 0.1) is 11.8 Å². The highest BCUT2D eigenvalue weighted by atomic mass is 35.5. The number of H-pyrrole nitrogens is 1. The van der Waals surface area contributed by atoms with E-state index in [1.54, 1.807) is 0 Å². The van der Waals surface area contributed by atoms with E-state index in [4.69, 9.17) is 21.4 Å². The number of ether oxygens (including phenoxy) is 1. The van der Waals surface area contributed by atoms with Crippen LogP contribution in [0.3, 0.4) is 0 Å². The smallest absolute Gasteiger partial charge is 0.407 e. The molecule has 1 amide bonds. The van der Waals surface area contributed by atoms with Gasteiger partial charge >= 0.3 is 6.09 Å². The molecule has 34 heavy (non-hydrogen) atoms. The number of hydrogen-bond donors (Lipinski definition) is 2. The Balaban J connectivity index is 1.06. The summed E-state index contributed by atoms with van der Waals surface area (Å²) in [5.74, 6) is 2.06. The predicted molar refractivity (Wildman–Crippen MR) is 131 cm³/mol. The van der Waals surface area contributed by atoms with Gasteiger partial charge in [0, 0.05) is 25.3 Å². The molecule has 5 rings (SSSR count). The van der Waals surface area contributed by atoms with Crippen molar-refractivity contribution in [1.29, 1.82) is 0 Å². The molecule has 0 aliphatic carbocycles. The Morgan fingerprint density at radius 3 is 2.44 bits per heavy atom. The lowest BCUT2D eigenvalue weighted by Crippen LogP contribution is -2.43. The van der Waals surface area contributed by atoms with Gasteiger partial charge in [-0.1, -0.05) is 11.6 Å². The number of rotatable bonds is 6. The molecule has 2 N–H and O–H groups in total. The van der Waals surface area contributed by atoms with Gasteiger partial charge in [-0.05, 0) is 86.5 Å². The summed E-state index contributed by atoms with van der Waals surface area (Å²) in [6.07, 6.45) is 4.91. The number of halogens is 1. The number of carbonyl (C=O) groups is 1. The molecule has 180 valence electrons. The summed E-state index contributed by atoms with van der Waals surface area (Å²) in [4.78, 5) is 26.7. The van der Waals surface area contributed by atoms with Crippen LogP contribution in [0.1, 0.15) is 25.7 Å². The van der Waals surface area contributed by atoms with Crippen LogP contribution >= 0.6 is 11.6 Å². The quantitative estimate of drug-likeness (QED) is 0.491. The Hall–Kier alpha value is -2.84.